The minimum atomic E-state index is 0.0292. The van der Waals surface area contributed by atoms with E-state index in [1.807, 2.05) is 0 Å². The number of hydrogen-bond donors (Lipinski definition) is 8. The van der Waals surface area contributed by atoms with Crippen LogP contribution in [0.15, 0.2) is 24.3 Å². The summed E-state index contributed by atoms with van der Waals surface area (Å²) in [6.07, 6.45) is 5.39. The maximum Gasteiger partial charge on any atom is 0.188 e. The molecule has 9 nitrogen and oxygen atoms in total. The minimum absolute atomic E-state index is 0.0292. The largest absolute Gasteiger partial charge is 0.492 e. The van der Waals surface area contributed by atoms with E-state index in [-0.39, 0.29) is 11.8 Å². The number of hydrogen-bond acceptors (Lipinski definition) is 4. The van der Waals surface area contributed by atoms with Gasteiger partial charge in [0.1, 0.15) is 18.2 Å². The van der Waals surface area contributed by atoms with Gasteiger partial charge in [-0.25, -0.2) is 0 Å². The summed E-state index contributed by atoms with van der Waals surface area (Å²) in [5.74, 6) is 1.07. The van der Waals surface area contributed by atoms with Crippen molar-refractivity contribution in [3.63, 3.8) is 0 Å². The Balaban J connectivity index is 1.95. The zero-order valence-corrected chi connectivity index (χ0v) is 15.7. The summed E-state index contributed by atoms with van der Waals surface area (Å²) < 4.78 is 5.57. The number of benzene rings is 1. The Morgan fingerprint density at radius 2 is 1.33 bits per heavy atom. The predicted molar refractivity (Wildman–Crippen MR) is 110 cm³/mol. The molecule has 0 spiro atoms. The first kappa shape index (κ1) is 22.1. The van der Waals surface area contributed by atoms with Crippen molar-refractivity contribution >= 4 is 17.8 Å². The number of nitrogens with one attached hydrogen (secondary N) is 6. The van der Waals surface area contributed by atoms with E-state index in [0.29, 0.717) is 30.4 Å². The third-order valence-corrected chi connectivity index (χ3v) is 3.81. The van der Waals surface area contributed by atoms with E-state index in [1.54, 1.807) is 24.3 Å². The van der Waals surface area contributed by atoms with E-state index < -0.39 is 0 Å². The van der Waals surface area contributed by atoms with E-state index in [9.17, 15) is 0 Å². The summed E-state index contributed by atoms with van der Waals surface area (Å²) in [4.78, 5) is 0. The molecule has 0 aliphatic heterocycles. The van der Waals surface area contributed by atoms with E-state index in [2.05, 4.69) is 16.0 Å². The fourth-order valence-electron chi connectivity index (χ4n) is 2.35. The van der Waals surface area contributed by atoms with Crippen molar-refractivity contribution in [3.05, 3.63) is 29.8 Å². The average molecular weight is 377 g/mol. The van der Waals surface area contributed by atoms with Gasteiger partial charge in [0.05, 0.1) is 6.54 Å². The Bertz CT molecular complexity index is 588. The third kappa shape index (κ3) is 11.3. The van der Waals surface area contributed by atoms with Crippen molar-refractivity contribution in [2.45, 2.75) is 32.1 Å². The summed E-state index contributed by atoms with van der Waals surface area (Å²) in [7, 11) is 0. The first-order valence-corrected chi connectivity index (χ1v) is 9.20. The van der Waals surface area contributed by atoms with Gasteiger partial charge in [0.15, 0.2) is 11.9 Å². The average Bonchev–Trinajstić information content (AvgIpc) is 2.64. The fraction of sp³-hybridized carbons (Fsp3) is 0.500. The van der Waals surface area contributed by atoms with Crippen LogP contribution in [0.2, 0.25) is 0 Å². The highest BCUT2D eigenvalue weighted by Crippen LogP contribution is 2.11. The SMILES string of the molecule is N=C(N)NCCCCCCCNC(=N)NCCOc1ccc(C(=N)N)cc1. The Hall–Kier alpha value is -2.97. The van der Waals surface area contributed by atoms with Crippen LogP contribution in [-0.2, 0) is 0 Å². The second-order valence-corrected chi connectivity index (χ2v) is 6.12. The topological polar surface area (TPSA) is 169 Å². The Morgan fingerprint density at radius 1 is 0.778 bits per heavy atom. The van der Waals surface area contributed by atoms with Crippen molar-refractivity contribution in [3.8, 4) is 5.75 Å². The second kappa shape index (κ2) is 13.3. The molecular formula is C18H32N8O. The van der Waals surface area contributed by atoms with Gasteiger partial charge in [-0.2, -0.15) is 0 Å². The van der Waals surface area contributed by atoms with E-state index in [1.165, 1.54) is 0 Å². The van der Waals surface area contributed by atoms with Gasteiger partial charge in [0.25, 0.3) is 0 Å². The highest BCUT2D eigenvalue weighted by Gasteiger charge is 1.99. The molecule has 0 unspecified atom stereocenters. The molecule has 0 saturated heterocycles. The van der Waals surface area contributed by atoms with Crippen LogP contribution in [0.3, 0.4) is 0 Å². The number of amidine groups is 1. The molecule has 0 bridgehead atoms. The van der Waals surface area contributed by atoms with Gasteiger partial charge >= 0.3 is 0 Å². The van der Waals surface area contributed by atoms with Crippen LogP contribution in [0.4, 0.5) is 0 Å². The quantitative estimate of drug-likeness (QED) is 0.144. The van der Waals surface area contributed by atoms with Crippen LogP contribution in [0, 0.1) is 16.2 Å². The normalized spacial score (nSPS) is 10.1. The van der Waals surface area contributed by atoms with Crippen molar-refractivity contribution in [2.75, 3.05) is 26.2 Å². The van der Waals surface area contributed by atoms with Gasteiger partial charge in [-0.3, -0.25) is 16.2 Å². The molecule has 0 aliphatic carbocycles. The zero-order valence-electron chi connectivity index (χ0n) is 15.7. The van der Waals surface area contributed by atoms with E-state index in [0.717, 1.165) is 45.2 Å². The molecule has 1 aromatic carbocycles. The van der Waals surface area contributed by atoms with Crippen LogP contribution in [0.5, 0.6) is 5.75 Å². The molecule has 0 amide bonds. The van der Waals surface area contributed by atoms with Crippen LogP contribution < -0.4 is 32.2 Å². The summed E-state index contributed by atoms with van der Waals surface area (Å²) >= 11 is 0. The molecule has 1 rings (SSSR count). The lowest BCUT2D eigenvalue weighted by Crippen LogP contribution is -2.38. The van der Waals surface area contributed by atoms with Crippen LogP contribution >= 0.6 is 0 Å². The van der Waals surface area contributed by atoms with Crippen LogP contribution in [0.25, 0.3) is 0 Å². The lowest BCUT2D eigenvalue weighted by Gasteiger charge is -2.11. The highest BCUT2D eigenvalue weighted by molar-refractivity contribution is 5.94. The fourth-order valence-corrected chi connectivity index (χ4v) is 2.35. The van der Waals surface area contributed by atoms with Crippen molar-refractivity contribution in [1.82, 2.24) is 16.0 Å². The van der Waals surface area contributed by atoms with Gasteiger partial charge in [-0.05, 0) is 37.1 Å². The number of nitrogen functional groups attached to an aromatic ring is 1. The van der Waals surface area contributed by atoms with Gasteiger partial charge < -0.3 is 32.2 Å². The molecule has 0 aliphatic rings. The van der Waals surface area contributed by atoms with Crippen molar-refractivity contribution in [2.24, 2.45) is 11.5 Å². The molecule has 150 valence electrons. The smallest absolute Gasteiger partial charge is 0.188 e. The monoisotopic (exact) mass is 376 g/mol. The zero-order chi connectivity index (χ0) is 19.9. The molecule has 0 radical (unpaired) electrons. The van der Waals surface area contributed by atoms with E-state index >= 15 is 0 Å². The van der Waals surface area contributed by atoms with Crippen molar-refractivity contribution < 1.29 is 4.74 Å². The van der Waals surface area contributed by atoms with Crippen LogP contribution in [0.1, 0.15) is 37.7 Å². The van der Waals surface area contributed by atoms with E-state index in [4.69, 9.17) is 32.4 Å². The second-order valence-electron chi connectivity index (χ2n) is 6.12. The minimum Gasteiger partial charge on any atom is -0.492 e. The summed E-state index contributed by atoms with van der Waals surface area (Å²) in [5.41, 5.74) is 11.3. The number of guanidine groups is 2. The maximum atomic E-state index is 7.80. The predicted octanol–water partition coefficient (Wildman–Crippen LogP) is 0.897. The molecule has 9 heteroatoms. The summed E-state index contributed by atoms with van der Waals surface area (Å²) in [6, 6.07) is 7.04. The summed E-state index contributed by atoms with van der Waals surface area (Å²) in [5, 5.41) is 31.0. The Kier molecular flexibility index (Phi) is 10.8. The maximum absolute atomic E-state index is 7.80. The number of unbranched alkanes of at least 4 members (excludes halogenated alkanes) is 4. The van der Waals surface area contributed by atoms with Crippen molar-refractivity contribution in [1.29, 1.82) is 16.2 Å². The molecule has 0 saturated carbocycles. The van der Waals surface area contributed by atoms with Gasteiger partial charge in [0.2, 0.25) is 0 Å². The molecular weight excluding hydrogens is 344 g/mol. The molecule has 0 aromatic heterocycles. The Labute approximate surface area is 160 Å². The third-order valence-electron chi connectivity index (χ3n) is 3.81. The molecule has 27 heavy (non-hydrogen) atoms. The molecule has 0 atom stereocenters. The number of rotatable bonds is 13. The van der Waals surface area contributed by atoms with Gasteiger partial charge in [-0.1, -0.05) is 19.3 Å². The molecule has 0 fully saturated rings. The first-order valence-electron chi connectivity index (χ1n) is 9.20. The van der Waals surface area contributed by atoms with Crippen LogP contribution in [-0.4, -0.2) is 44.0 Å². The summed E-state index contributed by atoms with van der Waals surface area (Å²) in [6.45, 7) is 2.50. The lowest BCUT2D eigenvalue weighted by molar-refractivity contribution is 0.322. The molecule has 10 N–H and O–H groups in total. The van der Waals surface area contributed by atoms with Gasteiger partial charge in [-0.15, -0.1) is 0 Å². The highest BCUT2D eigenvalue weighted by atomic mass is 16.5. The standard InChI is InChI=1S/C18H32N8O/c19-16(20)14-6-8-15(9-7-14)27-13-12-26-18(23)25-11-5-3-1-2-4-10-24-17(21)22/h6-9H,1-5,10-13H2,(H3,19,20)(H4,21,22,24)(H3,23,25,26). The first-order chi connectivity index (χ1) is 13.0. The lowest BCUT2D eigenvalue weighted by atomic mass is 10.1. The number of nitrogens with two attached hydrogens (primary N) is 2. The Morgan fingerprint density at radius 3 is 1.93 bits per heavy atom. The molecule has 0 heterocycles. The molecule has 1 aromatic rings. The van der Waals surface area contributed by atoms with Gasteiger partial charge in [0, 0.05) is 18.7 Å². The number of ether oxygens (including phenoxy) is 1.